The van der Waals surface area contributed by atoms with Crippen molar-refractivity contribution in [1.29, 1.82) is 5.26 Å². The summed E-state index contributed by atoms with van der Waals surface area (Å²) in [5, 5.41) is 11.9. The van der Waals surface area contributed by atoms with E-state index >= 15 is 0 Å². The van der Waals surface area contributed by atoms with Crippen LogP contribution in [0.3, 0.4) is 0 Å². The molecule has 1 atom stereocenters. The van der Waals surface area contributed by atoms with E-state index in [9.17, 15) is 0 Å². The van der Waals surface area contributed by atoms with E-state index < -0.39 is 0 Å². The maximum Gasteiger partial charge on any atom is 0.158 e. The molecular formula is C14H14N4. The van der Waals surface area contributed by atoms with Crippen molar-refractivity contribution in [3.63, 3.8) is 0 Å². The third kappa shape index (κ3) is 3.29. The number of rotatable bonds is 4. The zero-order valence-corrected chi connectivity index (χ0v) is 10.2. The third-order valence-corrected chi connectivity index (χ3v) is 2.55. The lowest BCUT2D eigenvalue weighted by Gasteiger charge is -2.14. The number of anilines is 1. The molecule has 1 N–H and O–H groups in total. The molecule has 1 aromatic carbocycles. The Labute approximate surface area is 106 Å². The van der Waals surface area contributed by atoms with Crippen LogP contribution in [0, 0.1) is 11.3 Å². The lowest BCUT2D eigenvalue weighted by Crippen LogP contribution is -2.19. The van der Waals surface area contributed by atoms with E-state index in [1.54, 1.807) is 6.20 Å². The van der Waals surface area contributed by atoms with Crippen LogP contribution < -0.4 is 5.32 Å². The molecule has 0 fully saturated rings. The first-order valence-electron chi connectivity index (χ1n) is 5.80. The number of hydrogen-bond acceptors (Lipinski definition) is 4. The Balaban J connectivity index is 1.95. The summed E-state index contributed by atoms with van der Waals surface area (Å²) < 4.78 is 0. The number of nitrogens with one attached hydrogen (secondary N) is 1. The zero-order chi connectivity index (χ0) is 12.8. The fraction of sp³-hybridized carbons (Fsp3) is 0.214. The van der Waals surface area contributed by atoms with Crippen LogP contribution in [0.25, 0.3) is 0 Å². The normalized spacial score (nSPS) is 11.6. The SMILES string of the molecule is CC(Cc1ccccc1)Nc1cnc(C#N)cn1. The quantitative estimate of drug-likeness (QED) is 0.888. The molecule has 0 radical (unpaired) electrons. The molecular weight excluding hydrogens is 224 g/mol. The summed E-state index contributed by atoms with van der Waals surface area (Å²) in [6.07, 6.45) is 3.97. The number of benzene rings is 1. The van der Waals surface area contributed by atoms with Crippen molar-refractivity contribution in [2.24, 2.45) is 0 Å². The lowest BCUT2D eigenvalue weighted by molar-refractivity contribution is 0.783. The minimum absolute atomic E-state index is 0.259. The van der Waals surface area contributed by atoms with Crippen molar-refractivity contribution in [3.05, 3.63) is 54.0 Å². The highest BCUT2D eigenvalue weighted by Crippen LogP contribution is 2.08. The van der Waals surface area contributed by atoms with Crippen molar-refractivity contribution in [3.8, 4) is 6.07 Å². The highest BCUT2D eigenvalue weighted by molar-refractivity contribution is 5.34. The first-order chi connectivity index (χ1) is 8.78. The summed E-state index contributed by atoms with van der Waals surface area (Å²) in [5.41, 5.74) is 1.61. The van der Waals surface area contributed by atoms with Gasteiger partial charge in [-0.15, -0.1) is 0 Å². The smallest absolute Gasteiger partial charge is 0.158 e. The van der Waals surface area contributed by atoms with Gasteiger partial charge in [-0.2, -0.15) is 5.26 Å². The Morgan fingerprint density at radius 3 is 2.61 bits per heavy atom. The van der Waals surface area contributed by atoms with E-state index in [4.69, 9.17) is 5.26 Å². The largest absolute Gasteiger partial charge is 0.366 e. The van der Waals surface area contributed by atoms with Gasteiger partial charge in [-0.25, -0.2) is 9.97 Å². The monoisotopic (exact) mass is 238 g/mol. The fourth-order valence-corrected chi connectivity index (χ4v) is 1.73. The summed E-state index contributed by atoms with van der Waals surface area (Å²) in [6, 6.07) is 12.5. The topological polar surface area (TPSA) is 61.6 Å². The molecule has 4 heteroatoms. The third-order valence-electron chi connectivity index (χ3n) is 2.55. The van der Waals surface area contributed by atoms with Gasteiger partial charge in [0.1, 0.15) is 11.9 Å². The molecule has 0 aliphatic heterocycles. The summed E-state index contributed by atoms with van der Waals surface area (Å²) in [7, 11) is 0. The standard InChI is InChI=1S/C14H14N4/c1-11(7-12-5-3-2-4-6-12)18-14-10-16-13(8-15)9-17-14/h2-6,9-11H,7H2,1H3,(H,17,18). The Hall–Kier alpha value is -2.41. The van der Waals surface area contributed by atoms with E-state index in [0.29, 0.717) is 11.5 Å². The summed E-state index contributed by atoms with van der Waals surface area (Å²) in [5.74, 6) is 0.692. The van der Waals surface area contributed by atoms with Gasteiger partial charge in [0, 0.05) is 6.04 Å². The van der Waals surface area contributed by atoms with Crippen molar-refractivity contribution >= 4 is 5.82 Å². The molecule has 0 saturated carbocycles. The van der Waals surface area contributed by atoms with Crippen molar-refractivity contribution in [2.75, 3.05) is 5.32 Å². The molecule has 1 aromatic heterocycles. The minimum atomic E-state index is 0.259. The van der Waals surface area contributed by atoms with Crippen LogP contribution in [-0.2, 0) is 6.42 Å². The summed E-state index contributed by atoms with van der Waals surface area (Å²) in [4.78, 5) is 8.11. The number of nitrogens with zero attached hydrogens (tertiary/aromatic N) is 3. The maximum absolute atomic E-state index is 8.63. The average molecular weight is 238 g/mol. The van der Waals surface area contributed by atoms with Gasteiger partial charge in [0.05, 0.1) is 12.4 Å². The second-order valence-electron chi connectivity index (χ2n) is 4.13. The van der Waals surface area contributed by atoms with Gasteiger partial charge in [-0.05, 0) is 18.9 Å². The predicted molar refractivity (Wildman–Crippen MR) is 70.0 cm³/mol. The molecule has 0 amide bonds. The molecule has 0 aliphatic rings. The van der Waals surface area contributed by atoms with Gasteiger partial charge in [-0.3, -0.25) is 0 Å². The van der Waals surface area contributed by atoms with Crippen LogP contribution in [0.1, 0.15) is 18.2 Å². The van der Waals surface area contributed by atoms with Crippen molar-refractivity contribution in [1.82, 2.24) is 9.97 Å². The number of hydrogen-bond donors (Lipinski definition) is 1. The van der Waals surface area contributed by atoms with Gasteiger partial charge < -0.3 is 5.32 Å². The molecule has 0 aliphatic carbocycles. The second kappa shape index (κ2) is 5.78. The van der Waals surface area contributed by atoms with E-state index in [-0.39, 0.29) is 6.04 Å². The molecule has 2 rings (SSSR count). The Morgan fingerprint density at radius 2 is 2.00 bits per heavy atom. The van der Waals surface area contributed by atoms with Crippen molar-refractivity contribution < 1.29 is 0 Å². The number of nitriles is 1. The Morgan fingerprint density at radius 1 is 1.22 bits per heavy atom. The van der Waals surface area contributed by atoms with E-state index in [1.807, 2.05) is 24.3 Å². The molecule has 4 nitrogen and oxygen atoms in total. The van der Waals surface area contributed by atoms with Crippen LogP contribution in [0.4, 0.5) is 5.82 Å². The predicted octanol–water partition coefficient (Wildman–Crippen LogP) is 2.39. The molecule has 2 aromatic rings. The highest BCUT2D eigenvalue weighted by atomic mass is 15.0. The molecule has 0 bridgehead atoms. The minimum Gasteiger partial charge on any atom is -0.366 e. The van der Waals surface area contributed by atoms with Gasteiger partial charge in [0.2, 0.25) is 0 Å². The summed E-state index contributed by atoms with van der Waals surface area (Å²) in [6.45, 7) is 2.09. The Bertz CT molecular complexity index is 528. The summed E-state index contributed by atoms with van der Waals surface area (Å²) >= 11 is 0. The Kier molecular flexibility index (Phi) is 3.87. The van der Waals surface area contributed by atoms with Gasteiger partial charge in [0.15, 0.2) is 5.69 Å². The van der Waals surface area contributed by atoms with Crippen LogP contribution >= 0.6 is 0 Å². The highest BCUT2D eigenvalue weighted by Gasteiger charge is 2.04. The average Bonchev–Trinajstić information content (AvgIpc) is 2.40. The van der Waals surface area contributed by atoms with Crippen LogP contribution in [0.5, 0.6) is 0 Å². The zero-order valence-electron chi connectivity index (χ0n) is 10.2. The van der Waals surface area contributed by atoms with E-state index in [1.165, 1.54) is 11.8 Å². The van der Waals surface area contributed by atoms with Gasteiger partial charge in [-0.1, -0.05) is 30.3 Å². The molecule has 0 spiro atoms. The fourth-order valence-electron chi connectivity index (χ4n) is 1.73. The van der Waals surface area contributed by atoms with Crippen LogP contribution in [0.15, 0.2) is 42.7 Å². The lowest BCUT2D eigenvalue weighted by atomic mass is 10.1. The molecule has 18 heavy (non-hydrogen) atoms. The number of aromatic nitrogens is 2. The van der Waals surface area contributed by atoms with Crippen LogP contribution in [-0.4, -0.2) is 16.0 Å². The first-order valence-corrected chi connectivity index (χ1v) is 5.80. The molecule has 1 heterocycles. The van der Waals surface area contributed by atoms with E-state index in [2.05, 4.69) is 34.3 Å². The molecule has 0 saturated heterocycles. The van der Waals surface area contributed by atoms with Gasteiger partial charge >= 0.3 is 0 Å². The van der Waals surface area contributed by atoms with E-state index in [0.717, 1.165) is 6.42 Å². The van der Waals surface area contributed by atoms with Crippen molar-refractivity contribution in [2.45, 2.75) is 19.4 Å². The molecule has 1 unspecified atom stereocenters. The maximum atomic E-state index is 8.63. The van der Waals surface area contributed by atoms with Crippen LogP contribution in [0.2, 0.25) is 0 Å². The van der Waals surface area contributed by atoms with Gasteiger partial charge in [0.25, 0.3) is 0 Å². The molecule has 90 valence electrons. The first kappa shape index (κ1) is 12.1. The second-order valence-corrected chi connectivity index (χ2v) is 4.13.